The summed E-state index contributed by atoms with van der Waals surface area (Å²) in [6, 6.07) is 1.79. The number of nitrogens with one attached hydrogen (secondary N) is 1. The second-order valence-electron chi connectivity index (χ2n) is 6.70. The van der Waals surface area contributed by atoms with Gasteiger partial charge in [-0.3, -0.25) is 14.2 Å². The Balaban J connectivity index is 1.56. The highest BCUT2D eigenvalue weighted by atomic mass is 16.2. The van der Waals surface area contributed by atoms with E-state index in [2.05, 4.69) is 30.4 Å². The number of carbonyl (C=O) groups is 1. The van der Waals surface area contributed by atoms with E-state index in [-0.39, 0.29) is 11.9 Å². The van der Waals surface area contributed by atoms with E-state index >= 15 is 0 Å². The highest BCUT2D eigenvalue weighted by molar-refractivity contribution is 5.92. The largest absolute Gasteiger partial charge is 0.354 e. The lowest BCUT2D eigenvalue weighted by atomic mass is 10.1. The van der Waals surface area contributed by atoms with Crippen LogP contribution in [-0.4, -0.2) is 54.6 Å². The van der Waals surface area contributed by atoms with E-state index in [4.69, 9.17) is 0 Å². The summed E-state index contributed by atoms with van der Waals surface area (Å²) >= 11 is 0. The highest BCUT2D eigenvalue weighted by Gasteiger charge is 2.25. The molecule has 1 aliphatic rings. The second kappa shape index (κ2) is 6.40. The van der Waals surface area contributed by atoms with Crippen molar-refractivity contribution in [3.63, 3.8) is 0 Å². The average Bonchev–Trinajstić information content (AvgIpc) is 3.21. The van der Waals surface area contributed by atoms with E-state index in [0.717, 1.165) is 42.1 Å². The van der Waals surface area contributed by atoms with Gasteiger partial charge in [0.25, 0.3) is 5.91 Å². The summed E-state index contributed by atoms with van der Waals surface area (Å²) in [5.74, 6) is 1.51. The van der Waals surface area contributed by atoms with Crippen LogP contribution in [0.15, 0.2) is 18.5 Å². The highest BCUT2D eigenvalue weighted by Crippen LogP contribution is 2.26. The summed E-state index contributed by atoms with van der Waals surface area (Å²) in [4.78, 5) is 23.8. The summed E-state index contributed by atoms with van der Waals surface area (Å²) in [6.07, 6.45) is 5.37. The number of aromatic nitrogens is 6. The Morgan fingerprint density at radius 2 is 2.08 bits per heavy atom. The predicted molar refractivity (Wildman–Crippen MR) is 97.0 cm³/mol. The summed E-state index contributed by atoms with van der Waals surface area (Å²) in [5.41, 5.74) is 1.39. The molecule has 3 aromatic heterocycles. The molecule has 9 nitrogen and oxygen atoms in total. The molecule has 1 saturated heterocycles. The lowest BCUT2D eigenvalue weighted by molar-refractivity contribution is 0.0923. The Morgan fingerprint density at radius 1 is 1.23 bits per heavy atom. The standard InChI is InChI=1S/C17H22N8O/c1-11-20-15-13(9-19-24(15)3)16(21-11)25-8-4-5-12(10-25)22-17(26)14-6-7-18-23(14)2/h6-7,9,12H,4-5,8,10H2,1-3H3,(H,22,26). The minimum atomic E-state index is -0.0951. The number of amides is 1. The number of aryl methyl sites for hydroxylation is 3. The molecular formula is C17H22N8O. The van der Waals surface area contributed by atoms with Gasteiger partial charge in [0.2, 0.25) is 0 Å². The normalized spacial score (nSPS) is 17.7. The van der Waals surface area contributed by atoms with Gasteiger partial charge >= 0.3 is 0 Å². The van der Waals surface area contributed by atoms with Crippen LogP contribution in [0.1, 0.15) is 29.2 Å². The fourth-order valence-electron chi connectivity index (χ4n) is 3.50. The molecule has 4 heterocycles. The zero-order valence-corrected chi connectivity index (χ0v) is 15.2. The fourth-order valence-corrected chi connectivity index (χ4v) is 3.50. The van der Waals surface area contributed by atoms with Gasteiger partial charge in [-0.2, -0.15) is 10.2 Å². The van der Waals surface area contributed by atoms with Crippen molar-refractivity contribution >= 4 is 22.8 Å². The summed E-state index contributed by atoms with van der Waals surface area (Å²) < 4.78 is 3.35. The first kappa shape index (κ1) is 16.5. The predicted octanol–water partition coefficient (Wildman–Crippen LogP) is 0.804. The molecule has 136 valence electrons. The van der Waals surface area contributed by atoms with E-state index in [1.807, 2.05) is 20.2 Å². The molecule has 0 aliphatic carbocycles. The van der Waals surface area contributed by atoms with Crippen LogP contribution in [0.3, 0.4) is 0 Å². The van der Waals surface area contributed by atoms with Crippen LogP contribution in [0, 0.1) is 6.92 Å². The number of hydrogen-bond acceptors (Lipinski definition) is 6. The van der Waals surface area contributed by atoms with Crippen molar-refractivity contribution in [1.29, 1.82) is 0 Å². The van der Waals surface area contributed by atoms with Gasteiger partial charge in [-0.15, -0.1) is 0 Å². The average molecular weight is 354 g/mol. The lowest BCUT2D eigenvalue weighted by Crippen LogP contribution is -2.48. The first-order valence-electron chi connectivity index (χ1n) is 8.73. The molecule has 0 spiro atoms. The van der Waals surface area contributed by atoms with Crippen LogP contribution in [0.2, 0.25) is 0 Å². The van der Waals surface area contributed by atoms with Gasteiger partial charge in [0.15, 0.2) is 5.65 Å². The molecule has 0 aromatic carbocycles. The van der Waals surface area contributed by atoms with Gasteiger partial charge in [-0.05, 0) is 25.8 Å². The molecule has 0 radical (unpaired) electrons. The smallest absolute Gasteiger partial charge is 0.269 e. The maximum absolute atomic E-state index is 12.5. The summed E-state index contributed by atoms with van der Waals surface area (Å²) in [7, 11) is 3.65. The zero-order chi connectivity index (χ0) is 18.3. The van der Waals surface area contributed by atoms with E-state index < -0.39 is 0 Å². The maximum atomic E-state index is 12.5. The lowest BCUT2D eigenvalue weighted by Gasteiger charge is -2.34. The SMILES string of the molecule is Cc1nc(N2CCCC(NC(=O)c3ccnn3C)C2)c2cnn(C)c2n1. The van der Waals surface area contributed by atoms with Crippen LogP contribution < -0.4 is 10.2 Å². The fraction of sp³-hybridized carbons (Fsp3) is 0.471. The van der Waals surface area contributed by atoms with Crippen LogP contribution in [0.4, 0.5) is 5.82 Å². The zero-order valence-electron chi connectivity index (χ0n) is 15.2. The third-order valence-electron chi connectivity index (χ3n) is 4.79. The van der Waals surface area contributed by atoms with Gasteiger partial charge in [-0.1, -0.05) is 0 Å². The molecule has 0 saturated carbocycles. The van der Waals surface area contributed by atoms with Crippen LogP contribution >= 0.6 is 0 Å². The molecule has 3 aromatic rings. The first-order chi connectivity index (χ1) is 12.5. The quantitative estimate of drug-likeness (QED) is 0.748. The topological polar surface area (TPSA) is 93.8 Å². The molecule has 9 heteroatoms. The molecule has 1 amide bonds. The van der Waals surface area contributed by atoms with E-state index in [9.17, 15) is 4.79 Å². The second-order valence-corrected chi connectivity index (χ2v) is 6.70. The molecule has 1 N–H and O–H groups in total. The third-order valence-corrected chi connectivity index (χ3v) is 4.79. The minimum Gasteiger partial charge on any atom is -0.354 e. The summed E-state index contributed by atoms with van der Waals surface area (Å²) in [5, 5.41) is 12.4. The van der Waals surface area contributed by atoms with Gasteiger partial charge in [0.05, 0.1) is 11.6 Å². The van der Waals surface area contributed by atoms with Crippen LogP contribution in [0.25, 0.3) is 11.0 Å². The van der Waals surface area contributed by atoms with Crippen molar-refractivity contribution in [3.8, 4) is 0 Å². The van der Waals surface area contributed by atoms with Crippen molar-refractivity contribution in [2.24, 2.45) is 14.1 Å². The molecule has 1 fully saturated rings. The molecule has 26 heavy (non-hydrogen) atoms. The Kier molecular flexibility index (Phi) is 4.06. The third kappa shape index (κ3) is 2.89. The van der Waals surface area contributed by atoms with Crippen molar-refractivity contribution in [2.75, 3.05) is 18.0 Å². The molecule has 1 unspecified atom stereocenters. The van der Waals surface area contributed by atoms with Gasteiger partial charge in [0.1, 0.15) is 17.3 Å². The van der Waals surface area contributed by atoms with E-state index in [0.29, 0.717) is 12.2 Å². The Hall–Kier alpha value is -2.97. The van der Waals surface area contributed by atoms with Crippen molar-refractivity contribution in [1.82, 2.24) is 34.8 Å². The monoisotopic (exact) mass is 354 g/mol. The number of carbonyl (C=O) groups excluding carboxylic acids is 1. The van der Waals surface area contributed by atoms with Crippen LogP contribution in [-0.2, 0) is 14.1 Å². The number of piperidine rings is 1. The van der Waals surface area contributed by atoms with Crippen LogP contribution in [0.5, 0.6) is 0 Å². The van der Waals surface area contributed by atoms with Gasteiger partial charge in [0, 0.05) is 39.4 Å². The molecule has 4 rings (SSSR count). The number of anilines is 1. The minimum absolute atomic E-state index is 0.0631. The Morgan fingerprint density at radius 3 is 2.85 bits per heavy atom. The van der Waals surface area contributed by atoms with Gasteiger partial charge in [-0.25, -0.2) is 9.97 Å². The Labute approximate surface area is 151 Å². The maximum Gasteiger partial charge on any atom is 0.269 e. The van der Waals surface area contributed by atoms with Gasteiger partial charge < -0.3 is 10.2 Å². The number of fused-ring (bicyclic) bond motifs is 1. The first-order valence-corrected chi connectivity index (χ1v) is 8.73. The summed E-state index contributed by atoms with van der Waals surface area (Å²) in [6.45, 7) is 3.50. The number of nitrogens with zero attached hydrogens (tertiary/aromatic N) is 7. The number of rotatable bonds is 3. The molecule has 0 bridgehead atoms. The van der Waals surface area contributed by atoms with Crippen molar-refractivity contribution in [2.45, 2.75) is 25.8 Å². The number of hydrogen-bond donors (Lipinski definition) is 1. The molecule has 1 aliphatic heterocycles. The Bertz CT molecular complexity index is 959. The van der Waals surface area contributed by atoms with E-state index in [1.165, 1.54) is 0 Å². The van der Waals surface area contributed by atoms with E-state index in [1.54, 1.807) is 28.7 Å². The van der Waals surface area contributed by atoms with Crippen molar-refractivity contribution in [3.05, 3.63) is 30.0 Å². The molecule has 1 atom stereocenters. The molecular weight excluding hydrogens is 332 g/mol. The van der Waals surface area contributed by atoms with Crippen molar-refractivity contribution < 1.29 is 4.79 Å².